The first-order valence-corrected chi connectivity index (χ1v) is 14.6. The SMILES string of the molecule is C=C/C=C\C=C/c1ccc2c(c1)C1(C3=C2C=CCC3)C2=C(C=CC)C=C=C=C2C(C2CC2)=C1c1ccccc1C. The van der Waals surface area contributed by atoms with Crippen LogP contribution in [0.15, 0.2) is 143 Å². The summed E-state index contributed by atoms with van der Waals surface area (Å²) in [5.74, 6) is 0.581. The number of allylic oxidation sites excluding steroid dienone is 16. The molecule has 40 heavy (non-hydrogen) atoms. The third-order valence-electron chi connectivity index (χ3n) is 9.01. The van der Waals surface area contributed by atoms with Gasteiger partial charge in [-0.15, -0.1) is 0 Å². The number of aryl methyl sites for hydroxylation is 1. The van der Waals surface area contributed by atoms with Gasteiger partial charge in [-0.05, 0) is 119 Å². The quantitative estimate of drug-likeness (QED) is 0.266. The molecule has 0 N–H and O–H groups in total. The molecule has 0 nitrogen and oxygen atoms in total. The van der Waals surface area contributed by atoms with E-state index >= 15 is 0 Å². The van der Waals surface area contributed by atoms with Crippen LogP contribution in [-0.2, 0) is 5.41 Å². The van der Waals surface area contributed by atoms with E-state index in [0.717, 1.165) is 12.8 Å². The van der Waals surface area contributed by atoms with Gasteiger partial charge in [0, 0.05) is 5.57 Å². The maximum Gasteiger partial charge on any atom is 0.0704 e. The lowest BCUT2D eigenvalue weighted by atomic mass is 9.63. The zero-order chi connectivity index (χ0) is 27.3. The summed E-state index contributed by atoms with van der Waals surface area (Å²) in [6, 6.07) is 16.1. The fourth-order valence-corrected chi connectivity index (χ4v) is 7.37. The summed E-state index contributed by atoms with van der Waals surface area (Å²) in [6.45, 7) is 8.21. The normalized spacial score (nSPS) is 22.9. The van der Waals surface area contributed by atoms with Gasteiger partial charge >= 0.3 is 0 Å². The molecule has 2 aromatic carbocycles. The van der Waals surface area contributed by atoms with Gasteiger partial charge in [-0.2, -0.15) is 0 Å². The van der Waals surface area contributed by atoms with E-state index in [1.165, 1.54) is 74.1 Å². The highest BCUT2D eigenvalue weighted by Crippen LogP contribution is 2.69. The van der Waals surface area contributed by atoms with Crippen molar-refractivity contribution in [3.05, 3.63) is 171 Å². The largest absolute Gasteiger partial charge is 0.0991 e. The molecule has 0 heteroatoms. The van der Waals surface area contributed by atoms with Crippen LogP contribution in [0, 0.1) is 12.8 Å². The molecule has 1 fully saturated rings. The summed E-state index contributed by atoms with van der Waals surface area (Å²) in [5, 5.41) is 0. The Kier molecular flexibility index (Phi) is 5.98. The second-order valence-electron chi connectivity index (χ2n) is 11.4. The zero-order valence-electron chi connectivity index (χ0n) is 23.4. The second-order valence-corrected chi connectivity index (χ2v) is 11.4. The summed E-state index contributed by atoms with van der Waals surface area (Å²) in [6.07, 6.45) is 26.2. The molecule has 2 aromatic rings. The van der Waals surface area contributed by atoms with E-state index in [2.05, 4.69) is 117 Å². The van der Waals surface area contributed by atoms with Crippen molar-refractivity contribution in [2.75, 3.05) is 0 Å². The number of hydrogen-bond donors (Lipinski definition) is 0. The van der Waals surface area contributed by atoms with E-state index in [1.54, 1.807) is 5.57 Å². The average molecular weight is 515 g/mol. The van der Waals surface area contributed by atoms with E-state index in [4.69, 9.17) is 0 Å². The molecule has 0 heterocycles. The van der Waals surface area contributed by atoms with Crippen LogP contribution in [0.4, 0.5) is 0 Å². The van der Waals surface area contributed by atoms with Crippen LogP contribution in [-0.4, -0.2) is 0 Å². The van der Waals surface area contributed by atoms with Crippen molar-refractivity contribution in [3.8, 4) is 0 Å². The minimum Gasteiger partial charge on any atom is -0.0991 e. The van der Waals surface area contributed by atoms with Crippen molar-refractivity contribution < 1.29 is 0 Å². The van der Waals surface area contributed by atoms with Gasteiger partial charge in [-0.3, -0.25) is 0 Å². The molecule has 1 unspecified atom stereocenters. The van der Waals surface area contributed by atoms with Gasteiger partial charge in [-0.1, -0.05) is 109 Å². The van der Waals surface area contributed by atoms with Crippen molar-refractivity contribution in [2.45, 2.75) is 44.9 Å². The Balaban J connectivity index is 1.64. The summed E-state index contributed by atoms with van der Waals surface area (Å²) in [5.41, 5.74) is 23.5. The van der Waals surface area contributed by atoms with Crippen LogP contribution >= 0.6 is 0 Å². The molecule has 0 radical (unpaired) electrons. The molecule has 194 valence electrons. The van der Waals surface area contributed by atoms with E-state index in [-0.39, 0.29) is 5.41 Å². The number of hydrogen-bond acceptors (Lipinski definition) is 0. The smallest absolute Gasteiger partial charge is 0.0704 e. The van der Waals surface area contributed by atoms with Gasteiger partial charge in [0.05, 0.1) is 5.41 Å². The Morgan fingerprint density at radius 3 is 2.65 bits per heavy atom. The van der Waals surface area contributed by atoms with Crippen molar-refractivity contribution in [1.29, 1.82) is 0 Å². The minimum absolute atomic E-state index is 0.337. The average Bonchev–Trinajstić information content (AvgIpc) is 3.72. The molecule has 0 amide bonds. The van der Waals surface area contributed by atoms with E-state index in [0.29, 0.717) is 5.92 Å². The molecule has 0 saturated heterocycles. The fraction of sp³-hybridized carbons (Fsp3) is 0.200. The predicted octanol–water partition coefficient (Wildman–Crippen LogP) is 10.1. The standard InChI is InChI=1S/C40H34/c1-4-6-7-8-16-28-22-25-33-32-19-11-12-21-35(32)40(36(33)26-28)38-30(14-5-2)17-13-20-34(38)37(29-23-24-29)39(40)31-18-10-9-15-27(31)3/h4-11,14-19,22,25-26,29H,1,12,21,23-24H2,2-3H3/b7-6-,14-5?,16-8-. The Morgan fingerprint density at radius 2 is 1.85 bits per heavy atom. The third kappa shape index (κ3) is 3.54. The number of benzene rings is 2. The molecular formula is C40H34. The molecule has 0 aromatic heterocycles. The van der Waals surface area contributed by atoms with Crippen LogP contribution in [0.1, 0.15) is 60.4 Å². The molecule has 0 bridgehead atoms. The number of rotatable bonds is 6. The van der Waals surface area contributed by atoms with Crippen LogP contribution in [0.5, 0.6) is 0 Å². The van der Waals surface area contributed by atoms with Crippen LogP contribution in [0.25, 0.3) is 17.2 Å². The lowest BCUT2D eigenvalue weighted by Crippen LogP contribution is -2.30. The van der Waals surface area contributed by atoms with Crippen LogP contribution in [0.3, 0.4) is 0 Å². The summed E-state index contributed by atoms with van der Waals surface area (Å²) >= 11 is 0. The first-order chi connectivity index (χ1) is 19.7. The van der Waals surface area contributed by atoms with Crippen molar-refractivity contribution in [1.82, 2.24) is 0 Å². The fourth-order valence-electron chi connectivity index (χ4n) is 7.37. The number of fused-ring (bicyclic) bond motifs is 6. The summed E-state index contributed by atoms with van der Waals surface area (Å²) < 4.78 is 0. The van der Waals surface area contributed by atoms with E-state index in [1.807, 2.05) is 18.2 Å². The molecule has 1 saturated carbocycles. The van der Waals surface area contributed by atoms with Gasteiger partial charge in [0.25, 0.3) is 0 Å². The Hall–Kier alpha value is -4.34. The lowest BCUT2D eigenvalue weighted by Gasteiger charge is -2.37. The first kappa shape index (κ1) is 24.7. The molecule has 7 rings (SSSR count). The lowest BCUT2D eigenvalue weighted by molar-refractivity contribution is 0.742. The van der Waals surface area contributed by atoms with Crippen molar-refractivity contribution in [3.63, 3.8) is 0 Å². The molecule has 5 aliphatic rings. The summed E-state index contributed by atoms with van der Waals surface area (Å²) in [4.78, 5) is 0. The monoisotopic (exact) mass is 514 g/mol. The van der Waals surface area contributed by atoms with Crippen molar-refractivity contribution in [2.24, 2.45) is 5.92 Å². The Morgan fingerprint density at radius 1 is 0.975 bits per heavy atom. The van der Waals surface area contributed by atoms with Gasteiger partial charge in [0.2, 0.25) is 0 Å². The summed E-state index contributed by atoms with van der Waals surface area (Å²) in [7, 11) is 0. The molecule has 0 aliphatic heterocycles. The molecular weight excluding hydrogens is 480 g/mol. The van der Waals surface area contributed by atoms with Gasteiger partial charge in [0.1, 0.15) is 0 Å². The minimum atomic E-state index is -0.337. The maximum atomic E-state index is 3.81. The van der Waals surface area contributed by atoms with Gasteiger partial charge < -0.3 is 0 Å². The highest BCUT2D eigenvalue weighted by Gasteiger charge is 2.58. The molecule has 5 aliphatic carbocycles. The predicted molar refractivity (Wildman–Crippen MR) is 170 cm³/mol. The van der Waals surface area contributed by atoms with Crippen molar-refractivity contribution >= 4 is 17.2 Å². The Bertz CT molecular complexity index is 1780. The topological polar surface area (TPSA) is 0 Å². The first-order valence-electron chi connectivity index (χ1n) is 14.6. The highest BCUT2D eigenvalue weighted by molar-refractivity contribution is 6.05. The highest BCUT2D eigenvalue weighted by atomic mass is 14.6. The second kappa shape index (κ2) is 9.69. The van der Waals surface area contributed by atoms with Crippen LogP contribution < -0.4 is 0 Å². The van der Waals surface area contributed by atoms with E-state index < -0.39 is 0 Å². The molecule has 1 atom stereocenters. The maximum absolute atomic E-state index is 3.81. The third-order valence-corrected chi connectivity index (χ3v) is 9.01. The van der Waals surface area contributed by atoms with E-state index in [9.17, 15) is 0 Å². The molecule has 1 spiro atoms. The van der Waals surface area contributed by atoms with Gasteiger partial charge in [-0.25, -0.2) is 0 Å². The van der Waals surface area contributed by atoms with Gasteiger partial charge in [0.15, 0.2) is 0 Å². The zero-order valence-corrected chi connectivity index (χ0v) is 23.4. The van der Waals surface area contributed by atoms with Crippen LogP contribution in [0.2, 0.25) is 0 Å². The Labute approximate surface area is 238 Å².